The number of nitrogens with two attached hydrogens (primary N) is 1. The lowest BCUT2D eigenvalue weighted by molar-refractivity contribution is -0.124. The van der Waals surface area contributed by atoms with E-state index in [1.807, 2.05) is 18.7 Å². The van der Waals surface area contributed by atoms with Crippen LogP contribution in [0.25, 0.3) is 0 Å². The van der Waals surface area contributed by atoms with Crippen molar-refractivity contribution in [3.05, 3.63) is 0 Å². The molecule has 1 fully saturated rings. The molecule has 1 rings (SSSR count). The molecule has 15 heavy (non-hydrogen) atoms. The van der Waals surface area contributed by atoms with Gasteiger partial charge in [-0.1, -0.05) is 6.92 Å². The highest BCUT2D eigenvalue weighted by Crippen LogP contribution is 2.46. The van der Waals surface area contributed by atoms with Crippen molar-refractivity contribution in [2.75, 3.05) is 19.3 Å². The Labute approximate surface area is 96.6 Å². The van der Waals surface area contributed by atoms with Crippen LogP contribution in [-0.2, 0) is 4.79 Å². The fourth-order valence-corrected chi connectivity index (χ4v) is 2.30. The second-order valence-electron chi connectivity index (χ2n) is 4.44. The molecule has 0 heterocycles. The monoisotopic (exact) mass is 230 g/mol. The molecule has 1 unspecified atom stereocenters. The lowest BCUT2D eigenvalue weighted by Gasteiger charge is -2.16. The number of rotatable bonds is 7. The molecule has 1 atom stereocenters. The Balaban J connectivity index is 2.17. The number of hydrogen-bond donors (Lipinski definition) is 2. The van der Waals surface area contributed by atoms with Crippen LogP contribution in [-0.4, -0.2) is 30.0 Å². The smallest absolute Gasteiger partial charge is 0.222 e. The average molecular weight is 230 g/mol. The SMILES string of the molecule is CSC1(CNC(=O)C(C)CCCN)CC1. The molecule has 0 bridgehead atoms. The largest absolute Gasteiger partial charge is 0.354 e. The lowest BCUT2D eigenvalue weighted by atomic mass is 10.1. The standard InChI is InChI=1S/C11H22N2OS/c1-9(4-3-7-12)10(14)13-8-11(15-2)5-6-11/h9H,3-8,12H2,1-2H3,(H,13,14). The zero-order valence-electron chi connectivity index (χ0n) is 9.71. The minimum absolute atomic E-state index is 0.103. The van der Waals surface area contributed by atoms with Gasteiger partial charge in [0.15, 0.2) is 0 Å². The van der Waals surface area contributed by atoms with Gasteiger partial charge in [0, 0.05) is 17.2 Å². The quantitative estimate of drug-likeness (QED) is 0.694. The van der Waals surface area contributed by atoms with Crippen molar-refractivity contribution in [2.24, 2.45) is 11.7 Å². The van der Waals surface area contributed by atoms with Gasteiger partial charge in [-0.3, -0.25) is 4.79 Å². The molecule has 0 spiro atoms. The number of thioether (sulfide) groups is 1. The molecule has 0 aromatic rings. The summed E-state index contributed by atoms with van der Waals surface area (Å²) < 4.78 is 0.364. The summed E-state index contributed by atoms with van der Waals surface area (Å²) in [7, 11) is 0. The van der Waals surface area contributed by atoms with Crippen LogP contribution in [0.3, 0.4) is 0 Å². The van der Waals surface area contributed by atoms with Crippen molar-refractivity contribution in [1.82, 2.24) is 5.32 Å². The van der Waals surface area contributed by atoms with Crippen LogP contribution in [0.15, 0.2) is 0 Å². The van der Waals surface area contributed by atoms with Gasteiger partial charge in [-0.2, -0.15) is 11.8 Å². The van der Waals surface area contributed by atoms with E-state index in [0.717, 1.165) is 19.4 Å². The van der Waals surface area contributed by atoms with Gasteiger partial charge in [0.05, 0.1) is 0 Å². The third kappa shape index (κ3) is 4.03. The first-order chi connectivity index (χ1) is 7.13. The summed E-state index contributed by atoms with van der Waals surface area (Å²) >= 11 is 1.88. The Morgan fingerprint density at radius 3 is 2.73 bits per heavy atom. The Morgan fingerprint density at radius 1 is 1.60 bits per heavy atom. The summed E-state index contributed by atoms with van der Waals surface area (Å²) in [5, 5.41) is 3.04. The molecule has 0 radical (unpaired) electrons. The lowest BCUT2D eigenvalue weighted by Crippen LogP contribution is -2.35. The van der Waals surface area contributed by atoms with E-state index in [0.29, 0.717) is 11.3 Å². The van der Waals surface area contributed by atoms with Crippen molar-refractivity contribution < 1.29 is 4.79 Å². The van der Waals surface area contributed by atoms with Gasteiger partial charge >= 0.3 is 0 Å². The van der Waals surface area contributed by atoms with Crippen molar-refractivity contribution in [3.63, 3.8) is 0 Å². The third-order valence-corrected chi connectivity index (χ3v) is 4.53. The second-order valence-corrected chi connectivity index (χ2v) is 5.71. The van der Waals surface area contributed by atoms with Crippen LogP contribution in [0.4, 0.5) is 0 Å². The van der Waals surface area contributed by atoms with Gasteiger partial charge in [0.25, 0.3) is 0 Å². The fourth-order valence-electron chi connectivity index (χ4n) is 1.57. The van der Waals surface area contributed by atoms with Crippen LogP contribution in [0.2, 0.25) is 0 Å². The molecule has 1 aliphatic rings. The Bertz CT molecular complexity index is 217. The summed E-state index contributed by atoms with van der Waals surface area (Å²) in [4.78, 5) is 11.7. The molecule has 3 N–H and O–H groups in total. The second kappa shape index (κ2) is 5.75. The first-order valence-corrected chi connectivity index (χ1v) is 6.89. The number of carbonyl (C=O) groups is 1. The van der Waals surface area contributed by atoms with E-state index in [9.17, 15) is 4.79 Å². The van der Waals surface area contributed by atoms with E-state index < -0.39 is 0 Å². The molecule has 88 valence electrons. The molecule has 3 nitrogen and oxygen atoms in total. The van der Waals surface area contributed by atoms with Crippen LogP contribution in [0.1, 0.15) is 32.6 Å². The fraction of sp³-hybridized carbons (Fsp3) is 0.909. The van der Waals surface area contributed by atoms with Crippen molar-refractivity contribution >= 4 is 17.7 Å². The average Bonchev–Trinajstić information content (AvgIpc) is 3.03. The van der Waals surface area contributed by atoms with Crippen LogP contribution < -0.4 is 11.1 Å². The van der Waals surface area contributed by atoms with Gasteiger partial charge in [-0.05, 0) is 38.5 Å². The number of carbonyl (C=O) groups excluding carboxylic acids is 1. The van der Waals surface area contributed by atoms with Gasteiger partial charge in [0.2, 0.25) is 5.91 Å². The van der Waals surface area contributed by atoms with E-state index in [1.165, 1.54) is 12.8 Å². The van der Waals surface area contributed by atoms with Crippen LogP contribution in [0, 0.1) is 5.92 Å². The van der Waals surface area contributed by atoms with Gasteiger partial charge < -0.3 is 11.1 Å². The van der Waals surface area contributed by atoms with Crippen molar-refractivity contribution in [2.45, 2.75) is 37.4 Å². The molecule has 1 amide bonds. The highest BCUT2D eigenvalue weighted by atomic mass is 32.2. The number of nitrogens with one attached hydrogen (secondary N) is 1. The highest BCUT2D eigenvalue weighted by Gasteiger charge is 2.42. The normalized spacial score (nSPS) is 19.7. The number of amides is 1. The maximum Gasteiger partial charge on any atom is 0.222 e. The minimum Gasteiger partial charge on any atom is -0.354 e. The summed E-state index contributed by atoms with van der Waals surface area (Å²) in [5.74, 6) is 0.287. The molecule has 1 saturated carbocycles. The first kappa shape index (κ1) is 12.8. The maximum atomic E-state index is 11.7. The van der Waals surface area contributed by atoms with Gasteiger partial charge in [-0.15, -0.1) is 0 Å². The zero-order valence-corrected chi connectivity index (χ0v) is 10.5. The minimum atomic E-state index is 0.103. The molecule has 0 saturated heterocycles. The van der Waals surface area contributed by atoms with Crippen LogP contribution >= 0.6 is 11.8 Å². The third-order valence-electron chi connectivity index (χ3n) is 3.11. The molecule has 0 aliphatic heterocycles. The predicted octanol–water partition coefficient (Wildman–Crippen LogP) is 1.37. The zero-order chi connectivity index (χ0) is 11.3. The van der Waals surface area contributed by atoms with Crippen LogP contribution in [0.5, 0.6) is 0 Å². The summed E-state index contributed by atoms with van der Waals surface area (Å²) in [5.41, 5.74) is 5.42. The van der Waals surface area contributed by atoms with E-state index in [-0.39, 0.29) is 11.8 Å². The summed E-state index contributed by atoms with van der Waals surface area (Å²) in [6.45, 7) is 3.48. The molecule has 0 aromatic carbocycles. The van der Waals surface area contributed by atoms with Gasteiger partial charge in [-0.25, -0.2) is 0 Å². The van der Waals surface area contributed by atoms with Gasteiger partial charge in [0.1, 0.15) is 0 Å². The molecular weight excluding hydrogens is 208 g/mol. The van der Waals surface area contributed by atoms with Crippen molar-refractivity contribution in [1.29, 1.82) is 0 Å². The molecule has 4 heteroatoms. The van der Waals surface area contributed by atoms with E-state index in [4.69, 9.17) is 5.73 Å². The molecular formula is C11H22N2OS. The maximum absolute atomic E-state index is 11.7. The molecule has 0 aromatic heterocycles. The van der Waals surface area contributed by atoms with Crippen molar-refractivity contribution in [3.8, 4) is 0 Å². The Kier molecular flexibility index (Phi) is 4.93. The summed E-state index contributed by atoms with van der Waals surface area (Å²) in [6.07, 6.45) is 6.44. The first-order valence-electron chi connectivity index (χ1n) is 5.66. The Hall–Kier alpha value is -0.220. The number of hydrogen-bond acceptors (Lipinski definition) is 3. The topological polar surface area (TPSA) is 55.1 Å². The van der Waals surface area contributed by atoms with E-state index in [1.54, 1.807) is 0 Å². The Morgan fingerprint density at radius 2 is 2.27 bits per heavy atom. The van der Waals surface area contributed by atoms with E-state index >= 15 is 0 Å². The summed E-state index contributed by atoms with van der Waals surface area (Å²) in [6, 6.07) is 0. The highest BCUT2D eigenvalue weighted by molar-refractivity contribution is 8.00. The van der Waals surface area contributed by atoms with E-state index in [2.05, 4.69) is 11.6 Å². The predicted molar refractivity (Wildman–Crippen MR) is 65.9 cm³/mol. The molecule has 1 aliphatic carbocycles.